The number of nitrogens with one attached hydrogen (secondary N) is 1. The highest BCUT2D eigenvalue weighted by Crippen LogP contribution is 2.35. The van der Waals surface area contributed by atoms with Gasteiger partial charge in [-0.1, -0.05) is 11.6 Å². The van der Waals surface area contributed by atoms with Gasteiger partial charge in [-0.15, -0.1) is 0 Å². The van der Waals surface area contributed by atoms with E-state index in [9.17, 15) is 0 Å². The van der Waals surface area contributed by atoms with E-state index in [-0.39, 0.29) is 0 Å². The second kappa shape index (κ2) is 4.69. The molecule has 0 bridgehead atoms. The van der Waals surface area contributed by atoms with Gasteiger partial charge in [0.15, 0.2) is 0 Å². The second-order valence-electron chi connectivity index (χ2n) is 5.25. The number of piperidine rings is 1. The van der Waals surface area contributed by atoms with Gasteiger partial charge >= 0.3 is 0 Å². The molecule has 0 radical (unpaired) electrons. The molecule has 0 spiro atoms. The molecule has 2 aliphatic heterocycles. The van der Waals surface area contributed by atoms with Crippen LogP contribution in [0.3, 0.4) is 0 Å². The highest BCUT2D eigenvalue weighted by atomic mass is 16.5. The van der Waals surface area contributed by atoms with Crippen molar-refractivity contribution in [2.45, 2.75) is 44.6 Å². The predicted molar refractivity (Wildman–Crippen MR) is 67.2 cm³/mol. The maximum absolute atomic E-state index is 5.48. The Morgan fingerprint density at radius 1 is 1.29 bits per heavy atom. The maximum atomic E-state index is 5.48. The zero-order chi connectivity index (χ0) is 11.7. The summed E-state index contributed by atoms with van der Waals surface area (Å²) in [6.45, 7) is 2.20. The summed E-state index contributed by atoms with van der Waals surface area (Å²) in [7, 11) is 2.20. The minimum Gasteiger partial charge on any atom is -0.354 e. The van der Waals surface area contributed by atoms with Crippen LogP contribution in [0.15, 0.2) is 4.52 Å². The Morgan fingerprint density at radius 2 is 2.24 bits per heavy atom. The molecule has 0 aromatic carbocycles. The molecule has 17 heavy (non-hydrogen) atoms. The summed E-state index contributed by atoms with van der Waals surface area (Å²) in [5, 5.41) is 7.69. The zero-order valence-corrected chi connectivity index (χ0v) is 10.5. The van der Waals surface area contributed by atoms with E-state index in [0.29, 0.717) is 6.04 Å². The number of hydrogen-bond donors (Lipinski definition) is 1. The van der Waals surface area contributed by atoms with Crippen molar-refractivity contribution in [3.63, 3.8) is 0 Å². The Hall–Kier alpha value is -1.03. The molecule has 0 amide bonds. The summed E-state index contributed by atoms with van der Waals surface area (Å²) < 4.78 is 5.48. The van der Waals surface area contributed by atoms with Gasteiger partial charge in [0.25, 0.3) is 0 Å². The first-order valence-electron chi connectivity index (χ1n) is 6.79. The number of likely N-dealkylation sites (tertiary alicyclic amines) is 1. The number of hydrogen-bond acceptors (Lipinski definition) is 4. The van der Waals surface area contributed by atoms with Gasteiger partial charge in [-0.2, -0.15) is 0 Å². The number of anilines is 1. The maximum Gasteiger partial charge on any atom is 0.228 e. The third kappa shape index (κ3) is 2.06. The van der Waals surface area contributed by atoms with Gasteiger partial charge in [-0.25, -0.2) is 0 Å². The van der Waals surface area contributed by atoms with Crippen LogP contribution in [0.5, 0.6) is 0 Å². The van der Waals surface area contributed by atoms with Crippen LogP contribution in [0.2, 0.25) is 0 Å². The van der Waals surface area contributed by atoms with Gasteiger partial charge in [0, 0.05) is 12.1 Å². The number of aromatic nitrogens is 1. The van der Waals surface area contributed by atoms with Gasteiger partial charge in [-0.3, -0.25) is 4.90 Å². The largest absolute Gasteiger partial charge is 0.354 e. The van der Waals surface area contributed by atoms with Gasteiger partial charge < -0.3 is 9.84 Å². The lowest BCUT2D eigenvalue weighted by molar-refractivity contribution is 0.178. The van der Waals surface area contributed by atoms with Gasteiger partial charge in [-0.05, 0) is 45.7 Å². The molecule has 1 aromatic heterocycles. The lowest BCUT2D eigenvalue weighted by atomic mass is 9.96. The first-order chi connectivity index (χ1) is 8.36. The van der Waals surface area contributed by atoms with E-state index in [1.165, 1.54) is 49.9 Å². The molecule has 1 unspecified atom stereocenters. The SMILES string of the molecule is CN1CCCCC1c1noc2c1CCCCN2. The van der Waals surface area contributed by atoms with E-state index in [2.05, 4.69) is 22.4 Å². The third-order valence-electron chi connectivity index (χ3n) is 4.04. The Morgan fingerprint density at radius 3 is 3.12 bits per heavy atom. The fraction of sp³-hybridized carbons (Fsp3) is 0.769. The van der Waals surface area contributed by atoms with Crippen molar-refractivity contribution in [2.75, 3.05) is 25.5 Å². The zero-order valence-electron chi connectivity index (χ0n) is 10.5. The van der Waals surface area contributed by atoms with E-state index in [1.54, 1.807) is 0 Å². The van der Waals surface area contributed by atoms with Crippen LogP contribution in [-0.4, -0.2) is 30.2 Å². The van der Waals surface area contributed by atoms with Crippen LogP contribution < -0.4 is 5.32 Å². The summed E-state index contributed by atoms with van der Waals surface area (Å²) in [6.07, 6.45) is 7.42. The molecule has 1 fully saturated rings. The lowest BCUT2D eigenvalue weighted by Gasteiger charge is -2.31. The van der Waals surface area contributed by atoms with Crippen molar-refractivity contribution in [3.05, 3.63) is 11.3 Å². The summed E-state index contributed by atoms with van der Waals surface area (Å²) in [6, 6.07) is 0.469. The molecule has 1 atom stereocenters. The Bertz CT molecular complexity index is 388. The van der Waals surface area contributed by atoms with Crippen molar-refractivity contribution in [3.8, 4) is 0 Å². The van der Waals surface area contributed by atoms with E-state index in [4.69, 9.17) is 4.52 Å². The smallest absolute Gasteiger partial charge is 0.228 e. The molecule has 1 saturated heterocycles. The molecule has 1 aromatic rings. The quantitative estimate of drug-likeness (QED) is 0.812. The number of rotatable bonds is 1. The molecule has 0 aliphatic carbocycles. The molecule has 4 nitrogen and oxygen atoms in total. The fourth-order valence-electron chi connectivity index (χ4n) is 3.01. The van der Waals surface area contributed by atoms with E-state index < -0.39 is 0 Å². The van der Waals surface area contributed by atoms with Crippen LogP contribution in [-0.2, 0) is 6.42 Å². The van der Waals surface area contributed by atoms with Crippen molar-refractivity contribution >= 4 is 5.88 Å². The van der Waals surface area contributed by atoms with E-state index in [1.807, 2.05) is 0 Å². The molecule has 0 saturated carbocycles. The lowest BCUT2D eigenvalue weighted by Crippen LogP contribution is -2.30. The van der Waals surface area contributed by atoms with Gasteiger partial charge in [0.05, 0.1) is 6.04 Å². The summed E-state index contributed by atoms with van der Waals surface area (Å²) >= 11 is 0. The number of fused-ring (bicyclic) bond motifs is 1. The molecule has 1 N–H and O–H groups in total. The van der Waals surface area contributed by atoms with Crippen LogP contribution in [0.4, 0.5) is 5.88 Å². The fourth-order valence-corrected chi connectivity index (χ4v) is 3.01. The first-order valence-corrected chi connectivity index (χ1v) is 6.79. The number of nitrogens with zero attached hydrogens (tertiary/aromatic N) is 2. The second-order valence-corrected chi connectivity index (χ2v) is 5.25. The molecule has 4 heteroatoms. The summed E-state index contributed by atoms with van der Waals surface area (Å²) in [5.41, 5.74) is 2.53. The Kier molecular flexibility index (Phi) is 3.05. The van der Waals surface area contributed by atoms with Crippen molar-refractivity contribution in [2.24, 2.45) is 0 Å². The molecule has 2 aliphatic rings. The molecular formula is C13H21N3O. The van der Waals surface area contributed by atoms with Gasteiger partial charge in [0.2, 0.25) is 5.88 Å². The minimum atomic E-state index is 0.469. The summed E-state index contributed by atoms with van der Waals surface area (Å²) in [5.74, 6) is 0.927. The van der Waals surface area contributed by atoms with Crippen molar-refractivity contribution in [1.82, 2.24) is 10.1 Å². The average molecular weight is 235 g/mol. The van der Waals surface area contributed by atoms with Crippen LogP contribution >= 0.6 is 0 Å². The van der Waals surface area contributed by atoms with Crippen molar-refractivity contribution in [1.29, 1.82) is 0 Å². The highest BCUT2D eigenvalue weighted by molar-refractivity contribution is 5.45. The topological polar surface area (TPSA) is 41.3 Å². The first kappa shape index (κ1) is 11.1. The van der Waals surface area contributed by atoms with Crippen LogP contribution in [0.25, 0.3) is 0 Å². The van der Waals surface area contributed by atoms with E-state index in [0.717, 1.165) is 18.8 Å². The summed E-state index contributed by atoms with van der Waals surface area (Å²) in [4.78, 5) is 2.42. The molecule has 94 valence electrons. The Labute approximate surface area is 102 Å². The predicted octanol–water partition coefficient (Wildman–Crippen LogP) is 2.58. The van der Waals surface area contributed by atoms with E-state index >= 15 is 0 Å². The normalized spacial score (nSPS) is 26.1. The highest BCUT2D eigenvalue weighted by Gasteiger charge is 2.28. The van der Waals surface area contributed by atoms with Gasteiger partial charge in [0.1, 0.15) is 5.69 Å². The average Bonchev–Trinajstić information content (AvgIpc) is 2.59. The van der Waals surface area contributed by atoms with Crippen LogP contribution in [0, 0.1) is 0 Å². The molecule has 3 rings (SSSR count). The third-order valence-corrected chi connectivity index (χ3v) is 4.04. The minimum absolute atomic E-state index is 0.469. The van der Waals surface area contributed by atoms with Crippen LogP contribution in [0.1, 0.15) is 49.4 Å². The standard InChI is InChI=1S/C13H21N3O/c1-16-9-5-3-7-11(16)12-10-6-2-4-8-14-13(10)17-15-12/h11,14H,2-9H2,1H3. The molecular weight excluding hydrogens is 214 g/mol. The molecule has 3 heterocycles. The van der Waals surface area contributed by atoms with Crippen molar-refractivity contribution < 1.29 is 4.52 Å². The monoisotopic (exact) mass is 235 g/mol. The Balaban J connectivity index is 1.89.